The molecule has 4 aromatic rings. The topological polar surface area (TPSA) is 96.5 Å². The van der Waals surface area contributed by atoms with Crippen molar-refractivity contribution in [2.45, 2.75) is 18.9 Å². The molecule has 1 atom stereocenters. The molecule has 33 heavy (non-hydrogen) atoms. The molecule has 0 aliphatic carbocycles. The summed E-state index contributed by atoms with van der Waals surface area (Å²) < 4.78 is 53.9. The smallest absolute Gasteiger partial charge is 0.340 e. The fourth-order valence-electron chi connectivity index (χ4n) is 3.27. The maximum atomic E-state index is 13.7. The zero-order chi connectivity index (χ0) is 23.4. The summed E-state index contributed by atoms with van der Waals surface area (Å²) in [4.78, 5) is 16.9. The third-order valence-corrected chi connectivity index (χ3v) is 4.93. The predicted octanol–water partition coefficient (Wildman–Crippen LogP) is 4.27. The van der Waals surface area contributed by atoms with Crippen molar-refractivity contribution in [2.75, 3.05) is 0 Å². The Hall–Kier alpha value is -4.15. The average Bonchev–Trinajstić information content (AvgIpc) is 3.37. The van der Waals surface area contributed by atoms with Gasteiger partial charge in [-0.1, -0.05) is 36.4 Å². The second kappa shape index (κ2) is 9.15. The third-order valence-electron chi connectivity index (χ3n) is 4.93. The first-order valence-electron chi connectivity index (χ1n) is 9.69. The van der Waals surface area contributed by atoms with Crippen molar-refractivity contribution < 1.29 is 22.4 Å². The molecular formula is C22H16F4N6O. The molecule has 2 aromatic heterocycles. The van der Waals surface area contributed by atoms with Gasteiger partial charge in [0.1, 0.15) is 6.67 Å². The number of hydrogen-bond acceptors (Lipinski definition) is 5. The molecule has 0 saturated heterocycles. The number of amides is 1. The lowest BCUT2D eigenvalue weighted by Gasteiger charge is -2.22. The van der Waals surface area contributed by atoms with Crippen molar-refractivity contribution in [1.29, 1.82) is 0 Å². The molecule has 1 amide bonds. The molecule has 2 heterocycles. The Morgan fingerprint density at radius 2 is 1.76 bits per heavy atom. The lowest BCUT2D eigenvalue weighted by atomic mass is 9.97. The molecular weight excluding hydrogens is 440 g/mol. The number of halogens is 4. The number of H-pyrrole nitrogens is 1. The zero-order valence-electron chi connectivity index (χ0n) is 16.8. The third kappa shape index (κ3) is 4.86. The molecule has 0 fully saturated rings. The normalized spacial score (nSPS) is 12.4. The van der Waals surface area contributed by atoms with Gasteiger partial charge in [0, 0.05) is 17.3 Å². The summed E-state index contributed by atoms with van der Waals surface area (Å²) in [6, 6.07) is 12.9. The van der Waals surface area contributed by atoms with Crippen LogP contribution in [0.2, 0.25) is 0 Å². The van der Waals surface area contributed by atoms with E-state index in [2.05, 4.69) is 30.9 Å². The number of hydrogen-bond donors (Lipinski definition) is 2. The van der Waals surface area contributed by atoms with Gasteiger partial charge in [-0.2, -0.15) is 13.2 Å². The number of alkyl halides is 4. The number of aromatic amines is 1. The van der Waals surface area contributed by atoms with Gasteiger partial charge in [0.25, 0.3) is 5.91 Å². The van der Waals surface area contributed by atoms with Crippen molar-refractivity contribution in [3.05, 3.63) is 94.8 Å². The monoisotopic (exact) mass is 456 g/mol. The van der Waals surface area contributed by atoms with E-state index in [9.17, 15) is 22.4 Å². The predicted molar refractivity (Wildman–Crippen MR) is 109 cm³/mol. The fraction of sp³-hybridized carbons (Fsp3) is 0.136. The highest BCUT2D eigenvalue weighted by Crippen LogP contribution is 2.35. The van der Waals surface area contributed by atoms with Crippen LogP contribution in [0.4, 0.5) is 17.6 Å². The van der Waals surface area contributed by atoms with Gasteiger partial charge in [0.15, 0.2) is 5.82 Å². The number of nitrogens with one attached hydrogen (secondary N) is 2. The molecule has 7 nitrogen and oxygen atoms in total. The number of aromatic nitrogens is 5. The van der Waals surface area contributed by atoms with E-state index in [1.54, 1.807) is 12.1 Å². The van der Waals surface area contributed by atoms with Crippen LogP contribution < -0.4 is 5.32 Å². The minimum absolute atomic E-state index is 0.209. The Bertz CT molecular complexity index is 1230. The van der Waals surface area contributed by atoms with Gasteiger partial charge in [-0.25, -0.2) is 9.49 Å². The maximum absolute atomic E-state index is 13.7. The Balaban J connectivity index is 1.69. The minimum Gasteiger partial charge on any atom is -0.340 e. The van der Waals surface area contributed by atoms with E-state index in [-0.39, 0.29) is 11.3 Å². The first kappa shape index (κ1) is 22.1. The van der Waals surface area contributed by atoms with E-state index in [0.29, 0.717) is 22.5 Å². The first-order valence-corrected chi connectivity index (χ1v) is 9.69. The number of carbonyl (C=O) groups is 1. The summed E-state index contributed by atoms with van der Waals surface area (Å²) in [6.07, 6.45) is -3.46. The molecule has 0 aliphatic heterocycles. The highest BCUT2D eigenvalue weighted by molar-refractivity contribution is 5.95. The summed E-state index contributed by atoms with van der Waals surface area (Å²) in [5, 5.41) is 16.0. The summed E-state index contributed by atoms with van der Waals surface area (Å²) in [5.74, 6) is -0.216. The second-order valence-corrected chi connectivity index (χ2v) is 7.04. The molecule has 11 heteroatoms. The van der Waals surface area contributed by atoms with Crippen LogP contribution >= 0.6 is 0 Å². The molecule has 0 unspecified atom stereocenters. The van der Waals surface area contributed by atoms with Crippen LogP contribution in [0.15, 0.2) is 66.9 Å². The molecule has 0 radical (unpaired) electrons. The number of carbonyl (C=O) groups excluding carboxylic acids is 1. The van der Waals surface area contributed by atoms with Crippen molar-refractivity contribution in [3.63, 3.8) is 0 Å². The molecule has 4 rings (SSSR count). The van der Waals surface area contributed by atoms with Crippen molar-refractivity contribution in [3.8, 4) is 11.4 Å². The van der Waals surface area contributed by atoms with Gasteiger partial charge < -0.3 is 5.32 Å². The molecule has 2 N–H and O–H groups in total. The van der Waals surface area contributed by atoms with Crippen LogP contribution in [0, 0.1) is 0 Å². The Morgan fingerprint density at radius 3 is 2.36 bits per heavy atom. The second-order valence-electron chi connectivity index (χ2n) is 7.04. The number of rotatable bonds is 6. The van der Waals surface area contributed by atoms with Crippen LogP contribution in [-0.4, -0.2) is 31.5 Å². The minimum atomic E-state index is -4.68. The molecule has 0 saturated carbocycles. The highest BCUT2D eigenvalue weighted by atomic mass is 19.4. The SMILES string of the molecule is O=C(N[C@@H](c1ccc(CF)cc1)c1ncccc1C(F)(F)F)c1ccc(-c2nnn[nH]2)cc1. The zero-order valence-corrected chi connectivity index (χ0v) is 16.8. The Morgan fingerprint density at radius 1 is 1.03 bits per heavy atom. The van der Waals surface area contributed by atoms with Crippen molar-refractivity contribution in [2.24, 2.45) is 0 Å². The highest BCUT2D eigenvalue weighted by Gasteiger charge is 2.37. The fourth-order valence-corrected chi connectivity index (χ4v) is 3.27. The van der Waals surface area contributed by atoms with Gasteiger partial charge in [-0.05, 0) is 45.8 Å². The standard InChI is InChI=1S/C22H16F4N6O/c23-12-13-3-5-14(6-4-13)18(19-17(22(24,25)26)2-1-11-27-19)28-21(33)16-9-7-15(8-10-16)20-29-31-32-30-20/h1-11,18H,12H2,(H,28,33)(H,29,30,31,32)/t18-/m0/s1. The summed E-state index contributed by atoms with van der Waals surface area (Å²) >= 11 is 0. The largest absolute Gasteiger partial charge is 0.418 e. The van der Waals surface area contributed by atoms with Gasteiger partial charge in [-0.15, -0.1) is 5.10 Å². The lowest BCUT2D eigenvalue weighted by molar-refractivity contribution is -0.138. The van der Waals surface area contributed by atoms with Crippen LogP contribution in [0.25, 0.3) is 11.4 Å². The van der Waals surface area contributed by atoms with Gasteiger partial charge >= 0.3 is 6.18 Å². The molecule has 0 aliphatic rings. The molecule has 168 valence electrons. The Kier molecular flexibility index (Phi) is 6.11. The first-order chi connectivity index (χ1) is 15.9. The van der Waals surface area contributed by atoms with E-state index in [0.717, 1.165) is 6.07 Å². The quantitative estimate of drug-likeness (QED) is 0.423. The number of tetrazole rings is 1. The Labute approximate surface area is 184 Å². The molecule has 0 spiro atoms. The van der Waals surface area contributed by atoms with Crippen LogP contribution in [0.5, 0.6) is 0 Å². The van der Waals surface area contributed by atoms with E-state index in [1.807, 2.05) is 0 Å². The van der Waals surface area contributed by atoms with Crippen molar-refractivity contribution in [1.82, 2.24) is 30.9 Å². The van der Waals surface area contributed by atoms with E-state index in [4.69, 9.17) is 0 Å². The van der Waals surface area contributed by atoms with Gasteiger partial charge in [0.2, 0.25) is 0 Å². The molecule has 0 bridgehead atoms. The van der Waals surface area contributed by atoms with Crippen LogP contribution in [0.1, 0.15) is 38.8 Å². The van der Waals surface area contributed by atoms with Crippen molar-refractivity contribution >= 4 is 5.91 Å². The van der Waals surface area contributed by atoms with E-state index < -0.39 is 30.4 Å². The average molecular weight is 456 g/mol. The number of pyridine rings is 1. The number of nitrogens with zero attached hydrogens (tertiary/aromatic N) is 4. The van der Waals surface area contributed by atoms with Gasteiger partial charge in [-0.3, -0.25) is 9.78 Å². The maximum Gasteiger partial charge on any atom is 0.418 e. The molecule has 2 aromatic carbocycles. The van der Waals surface area contributed by atoms with E-state index >= 15 is 0 Å². The number of benzene rings is 2. The van der Waals surface area contributed by atoms with E-state index in [1.165, 1.54) is 48.7 Å². The summed E-state index contributed by atoms with van der Waals surface area (Å²) in [7, 11) is 0. The van der Waals surface area contributed by atoms with Gasteiger partial charge in [0.05, 0.1) is 17.3 Å². The summed E-state index contributed by atoms with van der Waals surface area (Å²) in [6.45, 7) is -0.720. The van der Waals surface area contributed by atoms with Crippen LogP contribution in [0.3, 0.4) is 0 Å². The van der Waals surface area contributed by atoms with Crippen LogP contribution in [-0.2, 0) is 12.9 Å². The summed E-state index contributed by atoms with van der Waals surface area (Å²) in [5.41, 5.74) is 0.182. The lowest BCUT2D eigenvalue weighted by Crippen LogP contribution is -2.31.